The zero-order valence-corrected chi connectivity index (χ0v) is 15.7. The van der Waals surface area contributed by atoms with Crippen molar-refractivity contribution in [2.24, 2.45) is 5.10 Å². The number of nitrogens with zero attached hydrogens (tertiary/aromatic N) is 3. The van der Waals surface area contributed by atoms with E-state index in [0.29, 0.717) is 18.0 Å². The van der Waals surface area contributed by atoms with Crippen molar-refractivity contribution < 1.29 is 23.9 Å². The maximum absolute atomic E-state index is 12.7. The molecule has 0 bridgehead atoms. The van der Waals surface area contributed by atoms with E-state index in [9.17, 15) is 14.4 Å². The molecule has 146 valence electrons. The molecule has 2 heterocycles. The van der Waals surface area contributed by atoms with Gasteiger partial charge in [0.05, 0.1) is 13.1 Å². The molecule has 0 atom stereocenters. The third kappa shape index (κ3) is 4.28. The average Bonchev–Trinajstić information content (AvgIpc) is 3.04. The van der Waals surface area contributed by atoms with Crippen LogP contribution in [-0.4, -0.2) is 45.6 Å². The number of rotatable bonds is 6. The molecule has 0 fully saturated rings. The summed E-state index contributed by atoms with van der Waals surface area (Å²) in [5.74, 6) is -0.863. The van der Waals surface area contributed by atoms with Gasteiger partial charge < -0.3 is 14.4 Å². The second kappa shape index (κ2) is 8.08. The van der Waals surface area contributed by atoms with Crippen LogP contribution in [0.5, 0.6) is 0 Å². The van der Waals surface area contributed by atoms with Gasteiger partial charge in [0, 0.05) is 19.9 Å². The molecule has 0 aliphatic carbocycles. The van der Waals surface area contributed by atoms with Gasteiger partial charge in [0.25, 0.3) is 5.91 Å². The van der Waals surface area contributed by atoms with Crippen molar-refractivity contribution in [3.05, 3.63) is 59.0 Å². The SMILES string of the molecule is Cc1oc(CN(C)C(=O)C2=NN(Cc3ccccc3)C(=O)CC2)cc1C(=O)O. The van der Waals surface area contributed by atoms with Crippen LogP contribution < -0.4 is 0 Å². The van der Waals surface area contributed by atoms with Gasteiger partial charge in [0.1, 0.15) is 22.8 Å². The lowest BCUT2D eigenvalue weighted by Gasteiger charge is -2.25. The fourth-order valence-corrected chi connectivity index (χ4v) is 3.00. The minimum atomic E-state index is -1.08. The molecule has 8 heteroatoms. The number of furan rings is 1. The average molecular weight is 383 g/mol. The van der Waals surface area contributed by atoms with E-state index in [4.69, 9.17) is 9.52 Å². The monoisotopic (exact) mass is 383 g/mol. The van der Waals surface area contributed by atoms with Crippen molar-refractivity contribution in [1.82, 2.24) is 9.91 Å². The highest BCUT2D eigenvalue weighted by Gasteiger charge is 2.27. The molecule has 0 unspecified atom stereocenters. The summed E-state index contributed by atoms with van der Waals surface area (Å²) in [6, 6.07) is 10.8. The Balaban J connectivity index is 1.71. The van der Waals surface area contributed by atoms with E-state index in [1.807, 2.05) is 30.3 Å². The quantitative estimate of drug-likeness (QED) is 0.825. The lowest BCUT2D eigenvalue weighted by atomic mass is 10.1. The van der Waals surface area contributed by atoms with Gasteiger partial charge >= 0.3 is 5.97 Å². The number of carbonyl (C=O) groups excluding carboxylic acids is 2. The van der Waals surface area contributed by atoms with Crippen LogP contribution in [0.2, 0.25) is 0 Å². The van der Waals surface area contributed by atoms with Gasteiger partial charge in [-0.3, -0.25) is 9.59 Å². The molecule has 1 aromatic heterocycles. The highest BCUT2D eigenvalue weighted by atomic mass is 16.4. The number of carbonyl (C=O) groups is 3. The van der Waals surface area contributed by atoms with Crippen LogP contribution in [0.15, 0.2) is 45.9 Å². The minimum Gasteiger partial charge on any atom is -0.478 e. The first-order chi connectivity index (χ1) is 13.3. The molecule has 0 saturated carbocycles. The van der Waals surface area contributed by atoms with Crippen molar-refractivity contribution in [1.29, 1.82) is 0 Å². The van der Waals surface area contributed by atoms with E-state index < -0.39 is 5.97 Å². The number of hydrogen-bond acceptors (Lipinski definition) is 5. The van der Waals surface area contributed by atoms with Crippen molar-refractivity contribution in [3.63, 3.8) is 0 Å². The first-order valence-electron chi connectivity index (χ1n) is 8.85. The van der Waals surface area contributed by atoms with Gasteiger partial charge in [-0.2, -0.15) is 5.10 Å². The number of aromatic carboxylic acids is 1. The summed E-state index contributed by atoms with van der Waals surface area (Å²) in [5.41, 5.74) is 1.29. The van der Waals surface area contributed by atoms with Gasteiger partial charge in [-0.05, 0) is 18.6 Å². The lowest BCUT2D eigenvalue weighted by Crippen LogP contribution is -2.39. The third-order valence-corrected chi connectivity index (χ3v) is 4.47. The second-order valence-electron chi connectivity index (χ2n) is 6.63. The van der Waals surface area contributed by atoms with Gasteiger partial charge in [-0.25, -0.2) is 9.80 Å². The van der Waals surface area contributed by atoms with Gasteiger partial charge in [-0.1, -0.05) is 30.3 Å². The van der Waals surface area contributed by atoms with Crippen LogP contribution in [0.1, 0.15) is 40.3 Å². The van der Waals surface area contributed by atoms with Crippen molar-refractivity contribution in [2.45, 2.75) is 32.9 Å². The summed E-state index contributed by atoms with van der Waals surface area (Å²) in [6.45, 7) is 1.98. The van der Waals surface area contributed by atoms with Crippen LogP contribution >= 0.6 is 0 Å². The molecule has 8 nitrogen and oxygen atoms in total. The second-order valence-corrected chi connectivity index (χ2v) is 6.63. The fourth-order valence-electron chi connectivity index (χ4n) is 3.00. The van der Waals surface area contributed by atoms with Gasteiger partial charge in [0.15, 0.2) is 0 Å². The highest BCUT2D eigenvalue weighted by Crippen LogP contribution is 2.18. The molecular formula is C20H21N3O5. The Bertz CT molecular complexity index is 933. The summed E-state index contributed by atoms with van der Waals surface area (Å²) in [4.78, 5) is 37.4. The molecule has 1 aromatic carbocycles. The Hall–Kier alpha value is -3.42. The predicted octanol–water partition coefficient (Wildman–Crippen LogP) is 2.42. The molecule has 1 N–H and O–H groups in total. The predicted molar refractivity (Wildman–Crippen MR) is 101 cm³/mol. The molecule has 28 heavy (non-hydrogen) atoms. The summed E-state index contributed by atoms with van der Waals surface area (Å²) in [6.07, 6.45) is 0.485. The molecule has 2 aromatic rings. The van der Waals surface area contributed by atoms with Crippen LogP contribution in [0.3, 0.4) is 0 Å². The lowest BCUT2D eigenvalue weighted by molar-refractivity contribution is -0.132. The zero-order valence-electron chi connectivity index (χ0n) is 15.7. The molecule has 0 radical (unpaired) electrons. The number of carboxylic acids is 1. The van der Waals surface area contributed by atoms with Crippen molar-refractivity contribution >= 4 is 23.5 Å². The summed E-state index contributed by atoms with van der Waals surface area (Å²) >= 11 is 0. The minimum absolute atomic E-state index is 0.0745. The highest BCUT2D eigenvalue weighted by molar-refractivity contribution is 6.39. The normalized spacial score (nSPS) is 14.0. The molecule has 3 rings (SSSR count). The van der Waals surface area contributed by atoms with Crippen molar-refractivity contribution in [3.8, 4) is 0 Å². The smallest absolute Gasteiger partial charge is 0.339 e. The summed E-state index contributed by atoms with van der Waals surface area (Å²) < 4.78 is 5.42. The number of benzene rings is 1. The maximum atomic E-state index is 12.7. The van der Waals surface area contributed by atoms with E-state index in [1.165, 1.54) is 16.0 Å². The Kier molecular flexibility index (Phi) is 5.58. The van der Waals surface area contributed by atoms with E-state index in [0.717, 1.165) is 5.56 Å². The molecular weight excluding hydrogens is 362 g/mol. The number of carboxylic acid groups (broad SMARTS) is 1. The van der Waals surface area contributed by atoms with Crippen LogP contribution in [0, 0.1) is 6.92 Å². The Labute approximate surface area is 162 Å². The van der Waals surface area contributed by atoms with Crippen molar-refractivity contribution in [2.75, 3.05) is 7.05 Å². The summed E-state index contributed by atoms with van der Waals surface area (Å²) in [7, 11) is 1.58. The number of hydrogen-bond donors (Lipinski definition) is 1. The number of hydrazone groups is 1. The molecule has 1 aliphatic rings. The first-order valence-corrected chi connectivity index (χ1v) is 8.85. The summed E-state index contributed by atoms with van der Waals surface area (Å²) in [5, 5.41) is 14.7. The van der Waals surface area contributed by atoms with E-state index >= 15 is 0 Å². The van der Waals surface area contributed by atoms with E-state index in [2.05, 4.69) is 5.10 Å². The number of amides is 2. The maximum Gasteiger partial charge on any atom is 0.339 e. The standard InChI is InChI=1S/C20H21N3O5/c1-13-16(20(26)27)10-15(28-13)12-22(2)19(25)17-8-9-18(24)23(21-17)11-14-6-4-3-5-7-14/h3-7,10H,8-9,11-12H2,1-2H3,(H,26,27). The third-order valence-electron chi connectivity index (χ3n) is 4.47. The van der Waals surface area contributed by atoms with Crippen LogP contribution in [0.25, 0.3) is 0 Å². The molecule has 0 spiro atoms. The molecule has 2 amide bonds. The largest absolute Gasteiger partial charge is 0.478 e. The topological polar surface area (TPSA) is 103 Å². The first kappa shape index (κ1) is 19.3. The zero-order chi connectivity index (χ0) is 20.3. The molecule has 0 saturated heterocycles. The molecule has 1 aliphatic heterocycles. The Morgan fingerprint density at radius 1 is 1.25 bits per heavy atom. The van der Waals surface area contributed by atoms with E-state index in [-0.39, 0.29) is 42.5 Å². The van der Waals surface area contributed by atoms with Gasteiger partial charge in [-0.15, -0.1) is 0 Å². The fraction of sp³-hybridized carbons (Fsp3) is 0.300. The number of aryl methyl sites for hydroxylation is 1. The Morgan fingerprint density at radius 2 is 1.96 bits per heavy atom. The van der Waals surface area contributed by atoms with E-state index in [1.54, 1.807) is 14.0 Å². The van der Waals surface area contributed by atoms with Crippen LogP contribution in [0.4, 0.5) is 0 Å². The van der Waals surface area contributed by atoms with Gasteiger partial charge in [0.2, 0.25) is 5.91 Å². The van der Waals surface area contributed by atoms with Crippen LogP contribution in [-0.2, 0) is 22.7 Å². The Morgan fingerprint density at radius 3 is 2.61 bits per heavy atom.